The minimum absolute atomic E-state index is 0.0285. The van der Waals surface area contributed by atoms with Crippen LogP contribution in [-0.4, -0.2) is 22.4 Å². The van der Waals surface area contributed by atoms with Crippen LogP contribution in [0.4, 0.5) is 10.5 Å². The van der Waals surface area contributed by atoms with Crippen molar-refractivity contribution in [2.45, 2.75) is 39.5 Å². The van der Waals surface area contributed by atoms with Gasteiger partial charge in [0.15, 0.2) is 0 Å². The summed E-state index contributed by atoms with van der Waals surface area (Å²) in [6.07, 6.45) is 5.54. The van der Waals surface area contributed by atoms with E-state index in [4.69, 9.17) is 23.2 Å². The van der Waals surface area contributed by atoms with Crippen LogP contribution >= 0.6 is 34.5 Å². The summed E-state index contributed by atoms with van der Waals surface area (Å²) in [7, 11) is 0. The number of carbonyl (C=O) groups excluding carboxylic acids is 3. The highest BCUT2D eigenvalue weighted by Crippen LogP contribution is 2.39. The molecule has 1 aliphatic heterocycles. The van der Waals surface area contributed by atoms with Gasteiger partial charge in [-0.2, -0.15) is 5.26 Å². The van der Waals surface area contributed by atoms with Gasteiger partial charge < -0.3 is 4.57 Å². The lowest BCUT2D eigenvalue weighted by Gasteiger charge is -2.27. The van der Waals surface area contributed by atoms with E-state index in [1.807, 2.05) is 24.5 Å². The Morgan fingerprint density at radius 1 is 1.14 bits per heavy atom. The monoisotopic (exact) mass is 538 g/mol. The van der Waals surface area contributed by atoms with Crippen molar-refractivity contribution in [3.8, 4) is 11.8 Å². The Labute approximate surface area is 221 Å². The molecule has 10 heteroatoms. The topological polar surface area (TPSA) is 95.2 Å². The largest absolute Gasteiger partial charge is 0.336 e. The van der Waals surface area contributed by atoms with Crippen LogP contribution in [0.1, 0.15) is 45.1 Å². The molecule has 0 unspecified atom stereocenters. The fourth-order valence-electron chi connectivity index (χ4n) is 4.84. The van der Waals surface area contributed by atoms with Crippen molar-refractivity contribution >= 4 is 64.1 Å². The van der Waals surface area contributed by atoms with Crippen LogP contribution in [0.5, 0.6) is 0 Å². The van der Waals surface area contributed by atoms with Gasteiger partial charge in [0.25, 0.3) is 11.8 Å². The first-order valence-corrected chi connectivity index (χ1v) is 12.9. The number of rotatable bonds is 3. The number of benzene rings is 1. The second kappa shape index (κ2) is 9.25. The Hall–Kier alpha value is -3.38. The highest BCUT2D eigenvalue weighted by Gasteiger charge is 2.38. The van der Waals surface area contributed by atoms with Crippen molar-refractivity contribution in [3.63, 3.8) is 0 Å². The normalized spacial score (nSPS) is 16.8. The fraction of sp³-hybridized carbons (Fsp3) is 0.231. The van der Waals surface area contributed by atoms with Gasteiger partial charge in [0.05, 0.1) is 21.4 Å². The van der Waals surface area contributed by atoms with E-state index in [0.29, 0.717) is 10.4 Å². The number of aromatic nitrogens is 1. The molecule has 3 aromatic rings. The number of imide groups is 2. The number of urea groups is 1. The summed E-state index contributed by atoms with van der Waals surface area (Å²) < 4.78 is 2.02. The van der Waals surface area contributed by atoms with E-state index in [1.165, 1.54) is 40.0 Å². The van der Waals surface area contributed by atoms with E-state index in [2.05, 4.69) is 11.4 Å². The first-order chi connectivity index (χ1) is 17.2. The molecule has 2 aliphatic rings. The molecule has 1 aliphatic carbocycles. The Morgan fingerprint density at radius 2 is 1.89 bits per heavy atom. The van der Waals surface area contributed by atoms with E-state index in [0.717, 1.165) is 47.7 Å². The van der Waals surface area contributed by atoms with E-state index in [9.17, 15) is 19.6 Å². The third-order valence-corrected chi connectivity index (χ3v) is 8.51. The molecule has 2 aromatic heterocycles. The van der Waals surface area contributed by atoms with Crippen LogP contribution in [0.3, 0.4) is 0 Å². The number of amides is 4. The summed E-state index contributed by atoms with van der Waals surface area (Å²) in [5.41, 5.74) is 4.25. The number of anilines is 1. The minimum atomic E-state index is -0.902. The lowest BCUT2D eigenvalue weighted by atomic mass is 9.97. The molecule has 3 heterocycles. The molecule has 1 saturated heterocycles. The van der Waals surface area contributed by atoms with Gasteiger partial charge in [0.2, 0.25) is 0 Å². The number of hydrogen-bond acceptors (Lipinski definition) is 5. The lowest BCUT2D eigenvalue weighted by molar-refractivity contribution is -0.122. The Balaban J connectivity index is 1.61. The smallest absolute Gasteiger partial charge is 0.316 e. The molecule has 5 rings (SSSR count). The van der Waals surface area contributed by atoms with Crippen molar-refractivity contribution in [3.05, 3.63) is 72.2 Å². The van der Waals surface area contributed by atoms with Gasteiger partial charge in [-0.15, -0.1) is 11.3 Å². The standard InChI is InChI=1S/C26H20Cl2N4O3S/c1-13-10-15(14(2)31(13)23-16-6-3-4-9-20(16)36-21(23)12-29)11-17-24(33)30-26(35)32(25(17)34)19-8-5-7-18(27)22(19)28/h5,7-8,10-11H,3-4,6,9H2,1-2H3,(H,30,33,35)/b17-11+. The number of barbiturate groups is 1. The second-order valence-electron chi connectivity index (χ2n) is 8.69. The highest BCUT2D eigenvalue weighted by molar-refractivity contribution is 7.13. The summed E-state index contributed by atoms with van der Waals surface area (Å²) in [6, 6.07) is 7.89. The average Bonchev–Trinajstić information content (AvgIpc) is 3.34. The van der Waals surface area contributed by atoms with Crippen LogP contribution in [0, 0.1) is 25.2 Å². The van der Waals surface area contributed by atoms with Crippen LogP contribution in [0.2, 0.25) is 10.0 Å². The zero-order chi connectivity index (χ0) is 25.7. The highest BCUT2D eigenvalue weighted by atomic mass is 35.5. The third kappa shape index (κ3) is 3.84. The predicted octanol–water partition coefficient (Wildman–Crippen LogP) is 5.88. The van der Waals surface area contributed by atoms with Gasteiger partial charge in [-0.25, -0.2) is 9.69 Å². The fourth-order valence-corrected chi connectivity index (χ4v) is 6.39. The van der Waals surface area contributed by atoms with Crippen LogP contribution in [0.25, 0.3) is 11.8 Å². The number of nitrogens with one attached hydrogen (secondary N) is 1. The first kappa shape index (κ1) is 24.3. The minimum Gasteiger partial charge on any atom is -0.316 e. The maximum atomic E-state index is 13.4. The zero-order valence-electron chi connectivity index (χ0n) is 19.4. The SMILES string of the molecule is Cc1cc(/C=C2\C(=O)NC(=O)N(c3cccc(Cl)c3Cl)C2=O)c(C)n1-c1c(C#N)sc2c1CCCC2. The number of carbonyl (C=O) groups is 3. The van der Waals surface area contributed by atoms with Crippen LogP contribution in [-0.2, 0) is 22.4 Å². The Bertz CT molecular complexity index is 1540. The molecule has 182 valence electrons. The molecular weight excluding hydrogens is 519 g/mol. The third-order valence-electron chi connectivity index (χ3n) is 6.51. The molecule has 4 amide bonds. The van der Waals surface area contributed by atoms with E-state index in [1.54, 1.807) is 6.07 Å². The van der Waals surface area contributed by atoms with Crippen molar-refractivity contribution in [2.75, 3.05) is 4.90 Å². The zero-order valence-corrected chi connectivity index (χ0v) is 21.8. The molecule has 0 spiro atoms. The van der Waals surface area contributed by atoms with Crippen LogP contribution < -0.4 is 10.2 Å². The number of nitrogens with zero attached hydrogens (tertiary/aromatic N) is 3. The number of aryl methyl sites for hydroxylation is 2. The van der Waals surface area contributed by atoms with Crippen LogP contribution in [0.15, 0.2) is 29.8 Å². The first-order valence-electron chi connectivity index (χ1n) is 11.3. The number of fused-ring (bicyclic) bond motifs is 1. The summed E-state index contributed by atoms with van der Waals surface area (Å²) in [4.78, 5) is 41.4. The molecule has 1 fully saturated rings. The van der Waals surface area contributed by atoms with Gasteiger partial charge in [-0.1, -0.05) is 29.3 Å². The molecule has 0 saturated carbocycles. The number of hydrogen-bond donors (Lipinski definition) is 1. The quantitative estimate of drug-likeness (QED) is 0.332. The molecule has 7 nitrogen and oxygen atoms in total. The van der Waals surface area contributed by atoms with Gasteiger partial charge in [0.1, 0.15) is 16.5 Å². The molecule has 0 radical (unpaired) electrons. The Kier molecular flexibility index (Phi) is 6.25. The molecule has 0 atom stereocenters. The maximum absolute atomic E-state index is 13.4. The predicted molar refractivity (Wildman–Crippen MR) is 140 cm³/mol. The van der Waals surface area contributed by atoms with Crippen molar-refractivity contribution in [1.82, 2.24) is 9.88 Å². The summed E-state index contributed by atoms with van der Waals surface area (Å²) in [6.45, 7) is 3.81. The molecule has 0 bridgehead atoms. The Morgan fingerprint density at radius 3 is 2.64 bits per heavy atom. The molecule has 1 N–H and O–H groups in total. The number of nitriles is 1. The van der Waals surface area contributed by atoms with Crippen molar-refractivity contribution in [1.29, 1.82) is 5.26 Å². The molecule has 36 heavy (non-hydrogen) atoms. The van der Waals surface area contributed by atoms with Gasteiger partial charge in [-0.3, -0.25) is 14.9 Å². The maximum Gasteiger partial charge on any atom is 0.336 e. The summed E-state index contributed by atoms with van der Waals surface area (Å²) >= 11 is 13.9. The number of halogens is 2. The van der Waals surface area contributed by atoms with Crippen molar-refractivity contribution < 1.29 is 14.4 Å². The summed E-state index contributed by atoms with van der Waals surface area (Å²) in [5.74, 6) is -1.60. The van der Waals surface area contributed by atoms with Gasteiger partial charge in [0, 0.05) is 16.3 Å². The lowest BCUT2D eigenvalue weighted by Crippen LogP contribution is -2.54. The average molecular weight is 539 g/mol. The van der Waals surface area contributed by atoms with Crippen molar-refractivity contribution in [2.24, 2.45) is 0 Å². The molecule has 1 aromatic carbocycles. The van der Waals surface area contributed by atoms with E-state index < -0.39 is 17.8 Å². The van der Waals surface area contributed by atoms with E-state index >= 15 is 0 Å². The van der Waals surface area contributed by atoms with Gasteiger partial charge in [-0.05, 0) is 74.9 Å². The second-order valence-corrected chi connectivity index (χ2v) is 10.6. The summed E-state index contributed by atoms with van der Waals surface area (Å²) in [5, 5.41) is 12.2. The number of thiophene rings is 1. The van der Waals surface area contributed by atoms with E-state index in [-0.39, 0.29) is 21.3 Å². The van der Waals surface area contributed by atoms with Gasteiger partial charge >= 0.3 is 6.03 Å². The molecular formula is C26H20Cl2N4O3S.